The van der Waals surface area contributed by atoms with E-state index in [0.29, 0.717) is 5.39 Å². The Labute approximate surface area is 136 Å². The van der Waals surface area contributed by atoms with Crippen LogP contribution >= 0.6 is 10.7 Å². The van der Waals surface area contributed by atoms with Crippen molar-refractivity contribution < 1.29 is 13.2 Å². The average molecular weight is 356 g/mol. The Morgan fingerprint density at radius 3 is 2.65 bits per heavy atom. The van der Waals surface area contributed by atoms with E-state index in [0.717, 1.165) is 5.39 Å². The van der Waals surface area contributed by atoms with E-state index < -0.39 is 14.3 Å². The summed E-state index contributed by atoms with van der Waals surface area (Å²) in [5.74, 6) is -0.284. The Morgan fingerprint density at radius 1 is 1.22 bits per heavy atom. The van der Waals surface area contributed by atoms with Gasteiger partial charge < -0.3 is 4.90 Å². The van der Waals surface area contributed by atoms with Crippen molar-refractivity contribution in [2.45, 2.75) is 18.2 Å². The minimum atomic E-state index is -3.76. The van der Waals surface area contributed by atoms with Crippen molar-refractivity contribution in [2.24, 2.45) is 0 Å². The van der Waals surface area contributed by atoms with E-state index in [4.69, 9.17) is 10.7 Å². The van der Waals surface area contributed by atoms with Crippen molar-refractivity contribution in [3.8, 4) is 0 Å². The largest absolute Gasteiger partial charge is 0.339 e. The SMILES string of the molecule is O=C1CC(S(=O)(=O)Cl)CN1CCn1ncc2ccccc2c1=O. The van der Waals surface area contributed by atoms with Gasteiger partial charge in [-0.1, -0.05) is 18.2 Å². The van der Waals surface area contributed by atoms with E-state index >= 15 is 0 Å². The molecule has 2 aromatic rings. The normalized spacial score (nSPS) is 18.7. The van der Waals surface area contributed by atoms with Crippen LogP contribution in [0.5, 0.6) is 0 Å². The van der Waals surface area contributed by atoms with E-state index in [-0.39, 0.29) is 37.5 Å². The molecule has 0 aliphatic carbocycles. The van der Waals surface area contributed by atoms with Crippen LogP contribution in [-0.4, -0.2) is 47.3 Å². The molecule has 1 saturated heterocycles. The number of rotatable bonds is 4. The van der Waals surface area contributed by atoms with Crippen molar-refractivity contribution >= 4 is 36.4 Å². The average Bonchev–Trinajstić information content (AvgIpc) is 2.88. The number of amides is 1. The first-order valence-corrected chi connectivity index (χ1v) is 9.39. The maximum Gasteiger partial charge on any atom is 0.274 e. The highest BCUT2D eigenvalue weighted by Gasteiger charge is 2.37. The molecule has 2 heterocycles. The van der Waals surface area contributed by atoms with Crippen LogP contribution in [0.4, 0.5) is 0 Å². The molecule has 0 radical (unpaired) electrons. The van der Waals surface area contributed by atoms with Gasteiger partial charge in [-0.05, 0) is 6.07 Å². The van der Waals surface area contributed by atoms with E-state index in [2.05, 4.69) is 5.10 Å². The number of hydrogen-bond acceptors (Lipinski definition) is 5. The number of nitrogens with zero attached hydrogens (tertiary/aromatic N) is 3. The van der Waals surface area contributed by atoms with Gasteiger partial charge in [0.1, 0.15) is 5.25 Å². The fraction of sp³-hybridized carbons (Fsp3) is 0.357. The number of benzene rings is 1. The fourth-order valence-electron chi connectivity index (χ4n) is 2.64. The summed E-state index contributed by atoms with van der Waals surface area (Å²) in [6.45, 7) is 0.463. The minimum Gasteiger partial charge on any atom is -0.339 e. The molecule has 1 unspecified atom stereocenters. The Morgan fingerprint density at radius 2 is 1.96 bits per heavy atom. The van der Waals surface area contributed by atoms with Crippen LogP contribution in [0, 0.1) is 0 Å². The van der Waals surface area contributed by atoms with Crippen LogP contribution < -0.4 is 5.56 Å². The van der Waals surface area contributed by atoms with Gasteiger partial charge in [0.2, 0.25) is 15.0 Å². The predicted molar refractivity (Wildman–Crippen MR) is 85.8 cm³/mol. The molecule has 122 valence electrons. The second-order valence-electron chi connectivity index (χ2n) is 5.40. The molecule has 0 spiro atoms. The second-order valence-corrected chi connectivity index (χ2v) is 8.31. The first kappa shape index (κ1) is 15.9. The summed E-state index contributed by atoms with van der Waals surface area (Å²) in [7, 11) is 1.54. The molecular weight excluding hydrogens is 342 g/mol. The second kappa shape index (κ2) is 5.93. The summed E-state index contributed by atoms with van der Waals surface area (Å²) in [4.78, 5) is 25.6. The summed E-state index contributed by atoms with van der Waals surface area (Å²) in [5, 5.41) is 4.49. The lowest BCUT2D eigenvalue weighted by atomic mass is 10.2. The van der Waals surface area contributed by atoms with Crippen molar-refractivity contribution in [1.29, 1.82) is 0 Å². The lowest BCUT2D eigenvalue weighted by Crippen LogP contribution is -2.34. The maximum atomic E-state index is 12.3. The molecule has 1 amide bonds. The van der Waals surface area contributed by atoms with E-state index in [1.807, 2.05) is 6.07 Å². The molecule has 9 heteroatoms. The minimum absolute atomic E-state index is 0.0486. The van der Waals surface area contributed by atoms with Crippen LogP contribution in [0.2, 0.25) is 0 Å². The van der Waals surface area contributed by atoms with Crippen molar-refractivity contribution in [1.82, 2.24) is 14.7 Å². The third kappa shape index (κ3) is 3.23. The lowest BCUT2D eigenvalue weighted by Gasteiger charge is -2.16. The molecule has 0 bridgehead atoms. The number of fused-ring (bicyclic) bond motifs is 1. The zero-order chi connectivity index (χ0) is 16.6. The topological polar surface area (TPSA) is 89.3 Å². The molecule has 23 heavy (non-hydrogen) atoms. The van der Waals surface area contributed by atoms with Gasteiger partial charge in [-0.25, -0.2) is 13.1 Å². The third-order valence-electron chi connectivity index (χ3n) is 3.92. The van der Waals surface area contributed by atoms with Gasteiger partial charge in [0.25, 0.3) is 5.56 Å². The molecule has 7 nitrogen and oxygen atoms in total. The van der Waals surface area contributed by atoms with Crippen LogP contribution in [-0.2, 0) is 20.4 Å². The van der Waals surface area contributed by atoms with Crippen LogP contribution in [0.15, 0.2) is 35.3 Å². The number of carbonyl (C=O) groups is 1. The Kier molecular flexibility index (Phi) is 4.11. The van der Waals surface area contributed by atoms with Gasteiger partial charge in [-0.15, -0.1) is 0 Å². The maximum absolute atomic E-state index is 12.3. The summed E-state index contributed by atoms with van der Waals surface area (Å²) >= 11 is 0. The highest BCUT2D eigenvalue weighted by atomic mass is 35.7. The van der Waals surface area contributed by atoms with Gasteiger partial charge in [0, 0.05) is 35.6 Å². The highest BCUT2D eigenvalue weighted by molar-refractivity contribution is 8.14. The van der Waals surface area contributed by atoms with Crippen molar-refractivity contribution in [2.75, 3.05) is 13.1 Å². The number of likely N-dealkylation sites (tertiary alicyclic amines) is 1. The van der Waals surface area contributed by atoms with Crippen LogP contribution in [0.1, 0.15) is 6.42 Å². The monoisotopic (exact) mass is 355 g/mol. The Balaban J connectivity index is 1.75. The summed E-state index contributed by atoms with van der Waals surface area (Å²) in [6.07, 6.45) is 1.47. The predicted octanol–water partition coefficient (Wildman–Crippen LogP) is 0.566. The molecule has 1 fully saturated rings. The summed E-state index contributed by atoms with van der Waals surface area (Å²) in [5.41, 5.74) is -0.240. The highest BCUT2D eigenvalue weighted by Crippen LogP contribution is 2.21. The molecule has 1 aliphatic rings. The molecule has 0 N–H and O–H groups in total. The molecule has 1 aromatic carbocycles. The molecule has 1 aromatic heterocycles. The zero-order valence-electron chi connectivity index (χ0n) is 12.1. The number of carbonyl (C=O) groups excluding carboxylic acids is 1. The number of aromatic nitrogens is 2. The number of halogens is 1. The van der Waals surface area contributed by atoms with Crippen molar-refractivity contribution in [3.63, 3.8) is 0 Å². The van der Waals surface area contributed by atoms with Gasteiger partial charge in [0.15, 0.2) is 0 Å². The first-order chi connectivity index (χ1) is 10.9. The van der Waals surface area contributed by atoms with Gasteiger partial charge in [-0.3, -0.25) is 9.59 Å². The van der Waals surface area contributed by atoms with Crippen molar-refractivity contribution in [3.05, 3.63) is 40.8 Å². The van der Waals surface area contributed by atoms with E-state index in [1.165, 1.54) is 9.58 Å². The molecule has 3 rings (SSSR count). The standard InChI is InChI=1S/C14H14ClN3O4S/c15-23(21,22)11-7-13(19)17(9-11)5-6-18-14(20)12-4-2-1-3-10(12)8-16-18/h1-4,8,11H,5-7,9H2. The van der Waals surface area contributed by atoms with Gasteiger partial charge in [-0.2, -0.15) is 5.10 Å². The van der Waals surface area contributed by atoms with Gasteiger partial charge in [0.05, 0.1) is 18.1 Å². The van der Waals surface area contributed by atoms with E-state index in [1.54, 1.807) is 24.4 Å². The third-order valence-corrected chi connectivity index (χ3v) is 5.79. The Bertz CT molecular complexity index is 925. The molecule has 1 aliphatic heterocycles. The number of hydrogen-bond donors (Lipinski definition) is 0. The first-order valence-electron chi connectivity index (χ1n) is 7.02. The molecular formula is C14H14ClN3O4S. The summed E-state index contributed by atoms with van der Waals surface area (Å²) < 4.78 is 23.9. The molecule has 1 atom stereocenters. The Hall–Kier alpha value is -1.93. The van der Waals surface area contributed by atoms with Gasteiger partial charge >= 0.3 is 0 Å². The lowest BCUT2D eigenvalue weighted by molar-refractivity contribution is -0.127. The quantitative estimate of drug-likeness (QED) is 0.748. The van der Waals surface area contributed by atoms with E-state index in [9.17, 15) is 18.0 Å². The zero-order valence-corrected chi connectivity index (χ0v) is 13.6. The van der Waals surface area contributed by atoms with Crippen LogP contribution in [0.25, 0.3) is 10.8 Å². The molecule has 0 saturated carbocycles. The summed E-state index contributed by atoms with van der Waals surface area (Å²) in [6, 6.07) is 7.11. The fourth-order valence-corrected chi connectivity index (χ4v) is 3.70. The van der Waals surface area contributed by atoms with Crippen LogP contribution in [0.3, 0.4) is 0 Å². The smallest absolute Gasteiger partial charge is 0.274 e.